The smallest absolute Gasteiger partial charge is 0.275 e. The van der Waals surface area contributed by atoms with Crippen LogP contribution in [0.5, 0.6) is 5.75 Å². The molecular formula is C10H8ClN3O2. The average Bonchev–Trinajstić information content (AvgIpc) is 2.25. The summed E-state index contributed by atoms with van der Waals surface area (Å²) in [5.41, 5.74) is 5.47. The van der Waals surface area contributed by atoms with Crippen LogP contribution in [0.25, 0.3) is 5.69 Å². The van der Waals surface area contributed by atoms with E-state index < -0.39 is 5.56 Å². The minimum absolute atomic E-state index is 0.102. The van der Waals surface area contributed by atoms with Gasteiger partial charge in [-0.15, -0.1) is 5.10 Å². The Morgan fingerprint density at radius 3 is 2.56 bits per heavy atom. The molecule has 1 aromatic heterocycles. The van der Waals surface area contributed by atoms with Crippen molar-refractivity contribution in [1.82, 2.24) is 9.78 Å². The van der Waals surface area contributed by atoms with Crippen LogP contribution in [0.2, 0.25) is 5.02 Å². The quantitative estimate of drug-likeness (QED) is 0.780. The van der Waals surface area contributed by atoms with Gasteiger partial charge in [0.2, 0.25) is 0 Å². The first-order chi connectivity index (χ1) is 7.58. The van der Waals surface area contributed by atoms with Crippen molar-refractivity contribution in [2.45, 2.75) is 0 Å². The molecule has 1 heterocycles. The molecule has 0 atom stereocenters. The zero-order valence-corrected chi connectivity index (χ0v) is 8.85. The second kappa shape index (κ2) is 3.86. The van der Waals surface area contributed by atoms with Crippen LogP contribution in [0.15, 0.2) is 35.1 Å². The first-order valence-corrected chi connectivity index (χ1v) is 4.80. The van der Waals surface area contributed by atoms with E-state index in [1.54, 1.807) is 24.3 Å². The molecule has 1 aromatic carbocycles. The van der Waals surface area contributed by atoms with E-state index in [1.807, 2.05) is 0 Å². The van der Waals surface area contributed by atoms with Crippen LogP contribution >= 0.6 is 11.6 Å². The van der Waals surface area contributed by atoms with Crippen LogP contribution in [0.3, 0.4) is 0 Å². The molecule has 0 saturated carbocycles. The molecule has 0 amide bonds. The monoisotopic (exact) mass is 237 g/mol. The largest absolute Gasteiger partial charge is 0.504 e. The van der Waals surface area contributed by atoms with Gasteiger partial charge in [-0.2, -0.15) is 4.68 Å². The highest BCUT2D eigenvalue weighted by Crippen LogP contribution is 2.15. The highest BCUT2D eigenvalue weighted by atomic mass is 35.5. The van der Waals surface area contributed by atoms with Gasteiger partial charge in [0.15, 0.2) is 11.6 Å². The molecule has 0 aliphatic carbocycles. The summed E-state index contributed by atoms with van der Waals surface area (Å²) in [6.07, 6.45) is 0. The van der Waals surface area contributed by atoms with Crippen molar-refractivity contribution in [2.24, 2.45) is 0 Å². The predicted octanol–water partition coefficient (Wildman–Crippen LogP) is 1.17. The van der Waals surface area contributed by atoms with Crippen molar-refractivity contribution in [3.05, 3.63) is 45.7 Å². The van der Waals surface area contributed by atoms with Crippen LogP contribution < -0.4 is 11.3 Å². The molecule has 0 saturated heterocycles. The third kappa shape index (κ3) is 1.85. The van der Waals surface area contributed by atoms with E-state index >= 15 is 0 Å². The summed E-state index contributed by atoms with van der Waals surface area (Å²) >= 11 is 5.72. The predicted molar refractivity (Wildman–Crippen MR) is 60.9 cm³/mol. The van der Waals surface area contributed by atoms with Gasteiger partial charge in [-0.05, 0) is 24.3 Å². The molecule has 5 nitrogen and oxygen atoms in total. The van der Waals surface area contributed by atoms with Gasteiger partial charge < -0.3 is 10.8 Å². The van der Waals surface area contributed by atoms with Crippen molar-refractivity contribution in [3.63, 3.8) is 0 Å². The summed E-state index contributed by atoms with van der Waals surface area (Å²) < 4.78 is 1.09. The van der Waals surface area contributed by atoms with Crippen molar-refractivity contribution in [2.75, 3.05) is 5.73 Å². The van der Waals surface area contributed by atoms with Gasteiger partial charge in [0.25, 0.3) is 5.56 Å². The molecule has 0 aliphatic heterocycles. The molecule has 0 bridgehead atoms. The molecule has 0 fully saturated rings. The molecule has 3 N–H and O–H groups in total. The Hall–Kier alpha value is -2.01. The molecule has 0 radical (unpaired) electrons. The van der Waals surface area contributed by atoms with E-state index in [-0.39, 0.29) is 11.6 Å². The maximum absolute atomic E-state index is 11.5. The number of rotatable bonds is 1. The fourth-order valence-corrected chi connectivity index (χ4v) is 1.35. The molecule has 2 rings (SSSR count). The zero-order valence-electron chi connectivity index (χ0n) is 8.09. The second-order valence-corrected chi connectivity index (χ2v) is 3.58. The van der Waals surface area contributed by atoms with Crippen molar-refractivity contribution < 1.29 is 5.11 Å². The number of nitrogens with two attached hydrogens (primary N) is 1. The van der Waals surface area contributed by atoms with E-state index in [4.69, 9.17) is 17.3 Å². The maximum atomic E-state index is 11.5. The fraction of sp³-hybridized carbons (Fsp3) is 0. The number of hydrogen-bond acceptors (Lipinski definition) is 4. The van der Waals surface area contributed by atoms with E-state index in [9.17, 15) is 9.90 Å². The number of aromatic nitrogens is 2. The molecule has 16 heavy (non-hydrogen) atoms. The Kier molecular flexibility index (Phi) is 2.54. The van der Waals surface area contributed by atoms with Gasteiger partial charge >= 0.3 is 0 Å². The van der Waals surface area contributed by atoms with Crippen LogP contribution in [-0.4, -0.2) is 14.9 Å². The second-order valence-electron chi connectivity index (χ2n) is 3.14. The van der Waals surface area contributed by atoms with Crippen molar-refractivity contribution in [3.8, 4) is 11.4 Å². The summed E-state index contributed by atoms with van der Waals surface area (Å²) in [6, 6.07) is 7.54. The SMILES string of the molecule is Nc1nn(-c2ccc(Cl)cc2)c(=O)cc1O. The topological polar surface area (TPSA) is 81.1 Å². The summed E-state index contributed by atoms with van der Waals surface area (Å²) in [6.45, 7) is 0. The Morgan fingerprint density at radius 1 is 1.31 bits per heavy atom. The molecular weight excluding hydrogens is 230 g/mol. The number of halogens is 1. The highest BCUT2D eigenvalue weighted by molar-refractivity contribution is 6.30. The lowest BCUT2D eigenvalue weighted by molar-refractivity contribution is 0.471. The van der Waals surface area contributed by atoms with E-state index in [0.29, 0.717) is 10.7 Å². The minimum atomic E-state index is -0.464. The summed E-state index contributed by atoms with van der Waals surface area (Å²) in [7, 11) is 0. The normalized spacial score (nSPS) is 10.3. The number of benzene rings is 1. The summed E-state index contributed by atoms with van der Waals surface area (Å²) in [5.74, 6) is -0.426. The Bertz CT molecular complexity index is 578. The highest BCUT2D eigenvalue weighted by Gasteiger charge is 2.06. The zero-order chi connectivity index (χ0) is 11.7. The first-order valence-electron chi connectivity index (χ1n) is 4.42. The molecule has 2 aromatic rings. The number of nitrogen functional groups attached to an aromatic ring is 1. The average molecular weight is 238 g/mol. The van der Waals surface area contributed by atoms with E-state index in [1.165, 1.54) is 0 Å². The minimum Gasteiger partial charge on any atom is -0.504 e. The number of nitrogens with zero attached hydrogens (tertiary/aromatic N) is 2. The molecule has 0 spiro atoms. The number of hydrogen-bond donors (Lipinski definition) is 2. The Balaban J connectivity index is 2.60. The number of aromatic hydroxyl groups is 1. The summed E-state index contributed by atoms with van der Waals surface area (Å²) in [5, 5.41) is 13.5. The van der Waals surface area contributed by atoms with E-state index in [2.05, 4.69) is 5.10 Å². The van der Waals surface area contributed by atoms with Crippen LogP contribution in [-0.2, 0) is 0 Å². The van der Waals surface area contributed by atoms with Crippen LogP contribution in [0.1, 0.15) is 0 Å². The first kappa shape index (κ1) is 10.5. The molecule has 0 unspecified atom stereocenters. The third-order valence-corrected chi connectivity index (χ3v) is 2.26. The van der Waals surface area contributed by atoms with Crippen LogP contribution in [0, 0.1) is 0 Å². The third-order valence-electron chi connectivity index (χ3n) is 2.01. The van der Waals surface area contributed by atoms with Crippen LogP contribution in [0.4, 0.5) is 5.82 Å². The maximum Gasteiger partial charge on any atom is 0.275 e. The van der Waals surface area contributed by atoms with Gasteiger partial charge in [0.1, 0.15) is 0 Å². The molecule has 0 aliphatic rings. The summed E-state index contributed by atoms with van der Waals surface area (Å²) in [4.78, 5) is 11.5. The van der Waals surface area contributed by atoms with Gasteiger partial charge in [-0.25, -0.2) is 0 Å². The van der Waals surface area contributed by atoms with Crippen molar-refractivity contribution in [1.29, 1.82) is 0 Å². The molecule has 6 heteroatoms. The van der Waals surface area contributed by atoms with Gasteiger partial charge in [0.05, 0.1) is 11.8 Å². The fourth-order valence-electron chi connectivity index (χ4n) is 1.23. The lowest BCUT2D eigenvalue weighted by Gasteiger charge is -2.05. The Labute approximate surface area is 95.7 Å². The molecule has 82 valence electrons. The lowest BCUT2D eigenvalue weighted by atomic mass is 10.3. The lowest BCUT2D eigenvalue weighted by Crippen LogP contribution is -2.21. The van der Waals surface area contributed by atoms with Gasteiger partial charge in [-0.1, -0.05) is 11.6 Å². The van der Waals surface area contributed by atoms with Gasteiger partial charge in [-0.3, -0.25) is 4.79 Å². The van der Waals surface area contributed by atoms with Crippen molar-refractivity contribution >= 4 is 17.4 Å². The number of anilines is 1. The van der Waals surface area contributed by atoms with Gasteiger partial charge in [0, 0.05) is 5.02 Å². The Morgan fingerprint density at radius 2 is 1.94 bits per heavy atom. The standard InChI is InChI=1S/C10H8ClN3O2/c11-6-1-3-7(4-2-6)14-9(16)5-8(15)10(12)13-14/h1-5,15H,(H2,12,13). The van der Waals surface area contributed by atoms with E-state index in [0.717, 1.165) is 10.7 Å².